The smallest absolute Gasteiger partial charge is 0.349 e. The summed E-state index contributed by atoms with van der Waals surface area (Å²) in [6.45, 7) is 0. The number of primary amides is 1. The third-order valence-electron chi connectivity index (χ3n) is 0.570. The van der Waals surface area contributed by atoms with Crippen LogP contribution in [0.4, 0.5) is 4.79 Å². The predicted molar refractivity (Wildman–Crippen MR) is 39.5 cm³/mol. The lowest BCUT2D eigenvalue weighted by Gasteiger charge is -1.64. The highest BCUT2D eigenvalue weighted by Crippen LogP contribution is 1.64. The number of hydrogen-bond acceptors (Lipinski definition) is 4. The van der Waals surface area contributed by atoms with Gasteiger partial charge in [-0.25, -0.2) is 4.79 Å². The van der Waals surface area contributed by atoms with Crippen LogP contribution in [0.25, 0.3) is 0 Å². The molecule has 1 aromatic heterocycles. The highest BCUT2D eigenvalue weighted by Gasteiger charge is 1.80. The fourth-order valence-corrected chi connectivity index (χ4v) is 0.436. The molecule has 0 fully saturated rings. The molecule has 1 rings (SSSR count). The van der Waals surface area contributed by atoms with Gasteiger partial charge >= 0.3 is 16.5 Å². The van der Waals surface area contributed by atoms with E-state index < -0.39 is 16.5 Å². The van der Waals surface area contributed by atoms with Crippen molar-refractivity contribution in [3.63, 3.8) is 0 Å². The fourth-order valence-electron chi connectivity index (χ4n) is 0.289. The molecule has 0 atom stereocenters. The van der Waals surface area contributed by atoms with Gasteiger partial charge in [0, 0.05) is 12.4 Å². The monoisotopic (exact) mass is 190 g/mol. The Bertz CT molecular complexity index is 315. The molecule has 0 aliphatic heterocycles. The summed E-state index contributed by atoms with van der Waals surface area (Å²) in [5.41, 5.74) is 4.29. The van der Waals surface area contributed by atoms with Crippen molar-refractivity contribution in [2.45, 2.75) is 0 Å². The van der Waals surface area contributed by atoms with E-state index in [0.29, 0.717) is 0 Å². The molecular formula is C4H6N4O3S. The summed E-state index contributed by atoms with van der Waals surface area (Å²) in [6.07, 6.45) is 3.46. The summed E-state index contributed by atoms with van der Waals surface area (Å²) < 4.78 is 21.0. The van der Waals surface area contributed by atoms with Gasteiger partial charge in [-0.3, -0.25) is 5.10 Å². The minimum atomic E-state index is -2.70. The third-order valence-corrected chi connectivity index (χ3v) is 0.899. The Kier molecular flexibility index (Phi) is 5.18. The van der Waals surface area contributed by atoms with E-state index in [1.165, 1.54) is 0 Å². The van der Waals surface area contributed by atoms with Crippen LogP contribution in [-0.4, -0.2) is 24.6 Å². The molecule has 0 radical (unpaired) electrons. The average Bonchev–Trinajstić information content (AvgIpc) is 2.36. The van der Waals surface area contributed by atoms with E-state index in [1.807, 2.05) is 6.07 Å². The van der Waals surface area contributed by atoms with Crippen molar-refractivity contribution in [2.75, 3.05) is 0 Å². The highest BCUT2D eigenvalue weighted by molar-refractivity contribution is 7.62. The Balaban J connectivity index is 0.000000211. The molecule has 7 nitrogen and oxygen atoms in total. The predicted octanol–water partition coefficient (Wildman–Crippen LogP) is -0.463. The number of amides is 2. The zero-order valence-corrected chi connectivity index (χ0v) is 6.65. The molecule has 0 saturated carbocycles. The van der Waals surface area contributed by atoms with Crippen molar-refractivity contribution in [1.82, 2.24) is 10.2 Å². The minimum Gasteiger partial charge on any atom is -0.349 e. The molecule has 12 heavy (non-hydrogen) atoms. The van der Waals surface area contributed by atoms with Crippen LogP contribution in [-0.2, 0) is 10.5 Å². The molecule has 0 aromatic carbocycles. The number of hydrogen-bond donors (Lipinski definition) is 2. The van der Waals surface area contributed by atoms with Gasteiger partial charge in [-0.1, -0.05) is 4.36 Å². The topological polar surface area (TPSA) is 118 Å². The van der Waals surface area contributed by atoms with Crippen LogP contribution in [0.3, 0.4) is 0 Å². The van der Waals surface area contributed by atoms with Gasteiger partial charge in [-0.2, -0.15) is 13.5 Å². The largest absolute Gasteiger partial charge is 0.353 e. The van der Waals surface area contributed by atoms with Crippen molar-refractivity contribution in [1.29, 1.82) is 0 Å². The number of rotatable bonds is 0. The van der Waals surface area contributed by atoms with Crippen LogP contribution in [0.2, 0.25) is 0 Å². The molecule has 0 saturated heterocycles. The van der Waals surface area contributed by atoms with Crippen molar-refractivity contribution in [3.05, 3.63) is 18.5 Å². The number of nitrogens with one attached hydrogen (secondary N) is 1. The number of urea groups is 1. The summed E-state index contributed by atoms with van der Waals surface area (Å²) in [6, 6.07) is 0.633. The molecule has 0 aliphatic carbocycles. The maximum absolute atomic E-state index is 9.47. The zero-order chi connectivity index (χ0) is 9.40. The van der Waals surface area contributed by atoms with Gasteiger partial charge in [0.25, 0.3) is 0 Å². The first-order valence-electron chi connectivity index (χ1n) is 2.67. The number of aromatic amines is 1. The van der Waals surface area contributed by atoms with Crippen LogP contribution in [0.15, 0.2) is 22.8 Å². The molecule has 0 unspecified atom stereocenters. The molecule has 66 valence electrons. The third kappa shape index (κ3) is 8.30. The van der Waals surface area contributed by atoms with Crippen LogP contribution in [0.1, 0.15) is 0 Å². The van der Waals surface area contributed by atoms with Crippen LogP contribution in [0.5, 0.6) is 0 Å². The molecule has 0 spiro atoms. The van der Waals surface area contributed by atoms with Gasteiger partial charge in [-0.15, -0.1) is 0 Å². The quantitative estimate of drug-likeness (QED) is 0.575. The Morgan fingerprint density at radius 3 is 2.33 bits per heavy atom. The SMILES string of the molecule is NC(=O)N=S(=O)=O.c1cn[nH]c1. The van der Waals surface area contributed by atoms with Crippen molar-refractivity contribution in [3.8, 4) is 0 Å². The van der Waals surface area contributed by atoms with Gasteiger partial charge in [0.05, 0.1) is 0 Å². The van der Waals surface area contributed by atoms with E-state index in [4.69, 9.17) is 0 Å². The zero-order valence-electron chi connectivity index (χ0n) is 5.84. The molecule has 0 aliphatic rings. The molecule has 1 aromatic rings. The van der Waals surface area contributed by atoms with Gasteiger partial charge < -0.3 is 5.73 Å². The van der Waals surface area contributed by atoms with E-state index in [9.17, 15) is 13.2 Å². The number of carbonyl (C=O) groups is 1. The first-order valence-corrected chi connectivity index (χ1v) is 3.70. The van der Waals surface area contributed by atoms with Gasteiger partial charge in [0.15, 0.2) is 0 Å². The average molecular weight is 190 g/mol. The summed E-state index contributed by atoms with van der Waals surface area (Å²) >= 11 is 0. The lowest BCUT2D eigenvalue weighted by molar-refractivity contribution is 0.257. The molecule has 2 amide bonds. The Labute approximate surface area is 69.3 Å². The van der Waals surface area contributed by atoms with E-state index in [-0.39, 0.29) is 0 Å². The Hall–Kier alpha value is -1.70. The highest BCUT2D eigenvalue weighted by atomic mass is 32.2. The van der Waals surface area contributed by atoms with Crippen LogP contribution < -0.4 is 5.73 Å². The molecule has 8 heteroatoms. The second kappa shape index (κ2) is 6.04. The lowest BCUT2D eigenvalue weighted by atomic mass is 10.8. The second-order valence-corrected chi connectivity index (χ2v) is 2.03. The number of aromatic nitrogens is 2. The van der Waals surface area contributed by atoms with Crippen molar-refractivity contribution >= 4 is 16.5 Å². The van der Waals surface area contributed by atoms with E-state index >= 15 is 0 Å². The molecule has 3 N–H and O–H groups in total. The maximum atomic E-state index is 9.47. The Morgan fingerprint density at radius 1 is 1.58 bits per heavy atom. The van der Waals surface area contributed by atoms with Crippen molar-refractivity contribution in [2.24, 2.45) is 10.1 Å². The fraction of sp³-hybridized carbons (Fsp3) is 0. The number of nitrogens with zero attached hydrogens (tertiary/aromatic N) is 2. The number of nitrogens with two attached hydrogens (primary N) is 1. The first kappa shape index (κ1) is 10.3. The van der Waals surface area contributed by atoms with E-state index in [0.717, 1.165) is 0 Å². The normalized spacial score (nSPS) is 7.67. The second-order valence-electron chi connectivity index (χ2n) is 1.41. The van der Waals surface area contributed by atoms with Crippen molar-refractivity contribution < 1.29 is 13.2 Å². The van der Waals surface area contributed by atoms with E-state index in [2.05, 4.69) is 20.3 Å². The standard InChI is InChI=1S/C3H4N2.CH2N2O3S/c1-2-4-5-3-1;2-1(4)3-7(5)6/h1-3H,(H,4,5);(H2,2,4). The van der Waals surface area contributed by atoms with Gasteiger partial charge in [-0.05, 0) is 6.07 Å². The lowest BCUT2D eigenvalue weighted by Crippen LogP contribution is -2.02. The van der Waals surface area contributed by atoms with Gasteiger partial charge in [0.2, 0.25) is 0 Å². The molecule has 1 heterocycles. The van der Waals surface area contributed by atoms with Gasteiger partial charge in [0.1, 0.15) is 0 Å². The summed E-state index contributed by atoms with van der Waals surface area (Å²) in [4.78, 5) is 9.47. The van der Waals surface area contributed by atoms with E-state index in [1.54, 1.807) is 12.4 Å². The summed E-state index contributed by atoms with van der Waals surface area (Å²) in [5, 5.41) is 6.21. The summed E-state index contributed by atoms with van der Waals surface area (Å²) in [7, 11) is -2.70. The number of carbonyl (C=O) groups excluding carboxylic acids is 1. The first-order chi connectivity index (χ1) is 5.63. The summed E-state index contributed by atoms with van der Waals surface area (Å²) in [5.74, 6) is 0. The minimum absolute atomic E-state index is 1.20. The maximum Gasteiger partial charge on any atom is 0.353 e. The van der Waals surface area contributed by atoms with Crippen LogP contribution >= 0.6 is 0 Å². The van der Waals surface area contributed by atoms with Crippen LogP contribution in [0, 0.1) is 0 Å². The molecular weight excluding hydrogens is 184 g/mol. The molecule has 0 bridgehead atoms. The number of H-pyrrole nitrogens is 1. The Morgan fingerprint density at radius 2 is 2.25 bits per heavy atom.